The number of hydrogen-bond acceptors (Lipinski definition) is 5. The van der Waals surface area contributed by atoms with Gasteiger partial charge in [0.25, 0.3) is 5.91 Å². The first kappa shape index (κ1) is 21.6. The van der Waals surface area contributed by atoms with Crippen LogP contribution in [0, 0.1) is 0 Å². The van der Waals surface area contributed by atoms with Gasteiger partial charge in [0.15, 0.2) is 5.13 Å². The average Bonchev–Trinajstić information content (AvgIpc) is 3.25. The SMILES string of the molecule is CC.Cn1ccc(C(=O)NCC(=O)Nc2nc(-c3cccc(OC4CC4)c3)cs2)c1. The molecule has 0 saturated heterocycles. The number of aryl methyl sites for hydroxylation is 1. The lowest BCUT2D eigenvalue weighted by atomic mass is 10.2. The van der Waals surface area contributed by atoms with E-state index in [-0.39, 0.29) is 18.4 Å². The fourth-order valence-electron chi connectivity index (χ4n) is 2.63. The Morgan fingerprint density at radius 3 is 2.77 bits per heavy atom. The number of amides is 2. The van der Waals surface area contributed by atoms with Crippen molar-refractivity contribution in [1.82, 2.24) is 14.9 Å². The molecule has 0 atom stereocenters. The van der Waals surface area contributed by atoms with Crippen molar-refractivity contribution in [2.45, 2.75) is 32.8 Å². The Labute approximate surface area is 180 Å². The van der Waals surface area contributed by atoms with Crippen LogP contribution < -0.4 is 15.4 Å². The van der Waals surface area contributed by atoms with Crippen molar-refractivity contribution in [3.63, 3.8) is 0 Å². The maximum atomic E-state index is 12.1. The highest BCUT2D eigenvalue weighted by Gasteiger charge is 2.23. The molecule has 1 fully saturated rings. The van der Waals surface area contributed by atoms with Gasteiger partial charge in [0.1, 0.15) is 5.75 Å². The van der Waals surface area contributed by atoms with Crippen LogP contribution in [0.25, 0.3) is 11.3 Å². The summed E-state index contributed by atoms with van der Waals surface area (Å²) >= 11 is 1.34. The lowest BCUT2D eigenvalue weighted by Gasteiger charge is -2.05. The number of carbonyl (C=O) groups excluding carboxylic acids is 2. The van der Waals surface area contributed by atoms with E-state index in [9.17, 15) is 9.59 Å². The number of thiazole rings is 1. The smallest absolute Gasteiger partial charge is 0.253 e. The first-order chi connectivity index (χ1) is 14.6. The zero-order valence-corrected chi connectivity index (χ0v) is 18.2. The largest absolute Gasteiger partial charge is 0.490 e. The van der Waals surface area contributed by atoms with Gasteiger partial charge in [-0.1, -0.05) is 26.0 Å². The molecule has 0 radical (unpaired) electrons. The average molecular weight is 427 g/mol. The number of anilines is 1. The summed E-state index contributed by atoms with van der Waals surface area (Å²) in [6, 6.07) is 9.48. The Morgan fingerprint density at radius 2 is 2.07 bits per heavy atom. The predicted octanol–water partition coefficient (Wildman–Crippen LogP) is 4.08. The van der Waals surface area contributed by atoms with Crippen molar-refractivity contribution in [3.05, 3.63) is 53.7 Å². The second kappa shape index (κ2) is 10.1. The van der Waals surface area contributed by atoms with Gasteiger partial charge in [-0.05, 0) is 31.0 Å². The van der Waals surface area contributed by atoms with E-state index in [1.54, 1.807) is 23.0 Å². The molecule has 30 heavy (non-hydrogen) atoms. The summed E-state index contributed by atoms with van der Waals surface area (Å²) < 4.78 is 7.59. The molecule has 8 heteroatoms. The molecule has 2 N–H and O–H groups in total. The van der Waals surface area contributed by atoms with Gasteiger partial charge in [-0.2, -0.15) is 0 Å². The van der Waals surface area contributed by atoms with Crippen LogP contribution in [0.5, 0.6) is 5.75 Å². The van der Waals surface area contributed by atoms with E-state index < -0.39 is 0 Å². The van der Waals surface area contributed by atoms with Crippen LogP contribution in [0.3, 0.4) is 0 Å². The standard InChI is InChI=1S/C20H20N4O3S.C2H6/c1-24-8-7-14(11-24)19(26)21-10-18(25)23-20-22-17(12-28-20)13-3-2-4-16(9-13)27-15-5-6-15;1-2/h2-4,7-9,11-12,15H,5-6,10H2,1H3,(H,21,26)(H,22,23,25);1-2H3. The molecule has 158 valence electrons. The van der Waals surface area contributed by atoms with Crippen molar-refractivity contribution >= 4 is 28.3 Å². The fourth-order valence-corrected chi connectivity index (χ4v) is 3.37. The van der Waals surface area contributed by atoms with Gasteiger partial charge in [-0.15, -0.1) is 11.3 Å². The van der Waals surface area contributed by atoms with Crippen molar-refractivity contribution in [2.24, 2.45) is 7.05 Å². The number of rotatable bonds is 7. The number of ether oxygens (including phenoxy) is 1. The van der Waals surface area contributed by atoms with E-state index in [1.165, 1.54) is 11.3 Å². The molecule has 7 nitrogen and oxygen atoms in total. The predicted molar refractivity (Wildman–Crippen MR) is 119 cm³/mol. The van der Waals surface area contributed by atoms with E-state index in [4.69, 9.17) is 4.74 Å². The van der Waals surface area contributed by atoms with E-state index in [2.05, 4.69) is 15.6 Å². The normalized spacial score (nSPS) is 12.5. The van der Waals surface area contributed by atoms with Crippen LogP contribution in [0.2, 0.25) is 0 Å². The molecule has 2 amide bonds. The highest BCUT2D eigenvalue weighted by atomic mass is 32.1. The Hall–Kier alpha value is -3.13. The molecular weight excluding hydrogens is 400 g/mol. The molecule has 1 aromatic carbocycles. The number of aromatic nitrogens is 2. The minimum atomic E-state index is -0.323. The second-order valence-electron chi connectivity index (χ2n) is 6.68. The van der Waals surface area contributed by atoms with E-state index >= 15 is 0 Å². The van der Waals surface area contributed by atoms with Crippen molar-refractivity contribution in [3.8, 4) is 17.0 Å². The minimum Gasteiger partial charge on any atom is -0.490 e. The number of nitrogens with one attached hydrogen (secondary N) is 2. The zero-order chi connectivity index (χ0) is 21.5. The van der Waals surface area contributed by atoms with Crippen LogP contribution in [0.4, 0.5) is 5.13 Å². The van der Waals surface area contributed by atoms with E-state index in [0.29, 0.717) is 16.8 Å². The van der Waals surface area contributed by atoms with Crippen LogP contribution >= 0.6 is 11.3 Å². The third kappa shape index (κ3) is 5.93. The highest BCUT2D eigenvalue weighted by molar-refractivity contribution is 7.14. The number of hydrogen-bond donors (Lipinski definition) is 2. The summed E-state index contributed by atoms with van der Waals surface area (Å²) in [5, 5.41) is 7.69. The number of benzene rings is 1. The molecule has 0 unspecified atom stereocenters. The minimum absolute atomic E-state index is 0.118. The van der Waals surface area contributed by atoms with Gasteiger partial charge < -0.3 is 19.9 Å². The molecule has 2 aromatic heterocycles. The Morgan fingerprint density at radius 1 is 1.27 bits per heavy atom. The summed E-state index contributed by atoms with van der Waals surface area (Å²) in [6.07, 6.45) is 6.03. The summed E-state index contributed by atoms with van der Waals surface area (Å²) in [5.74, 6) is 0.223. The van der Waals surface area contributed by atoms with Crippen LogP contribution in [0.15, 0.2) is 48.1 Å². The third-order valence-corrected chi connectivity index (χ3v) is 4.97. The Balaban J connectivity index is 0.00000124. The molecule has 4 rings (SSSR count). The quantitative estimate of drug-likeness (QED) is 0.596. The monoisotopic (exact) mass is 426 g/mol. The van der Waals surface area contributed by atoms with Gasteiger partial charge in [-0.25, -0.2) is 4.98 Å². The van der Waals surface area contributed by atoms with Crippen molar-refractivity contribution < 1.29 is 14.3 Å². The molecular formula is C22H26N4O3S. The van der Waals surface area contributed by atoms with Gasteiger partial charge in [0.2, 0.25) is 5.91 Å². The van der Waals surface area contributed by atoms with Crippen molar-refractivity contribution in [2.75, 3.05) is 11.9 Å². The van der Waals surface area contributed by atoms with Crippen LogP contribution in [-0.4, -0.2) is 34.0 Å². The van der Waals surface area contributed by atoms with E-state index in [1.807, 2.05) is 50.5 Å². The zero-order valence-electron chi connectivity index (χ0n) is 17.3. The van der Waals surface area contributed by atoms with Gasteiger partial charge in [0.05, 0.1) is 23.9 Å². The maximum Gasteiger partial charge on any atom is 0.253 e. The number of nitrogens with zero attached hydrogens (tertiary/aromatic N) is 2. The van der Waals surface area contributed by atoms with Gasteiger partial charge in [0, 0.05) is 30.4 Å². The maximum absolute atomic E-state index is 12.1. The molecule has 1 saturated carbocycles. The molecule has 1 aliphatic carbocycles. The summed E-state index contributed by atoms with van der Waals surface area (Å²) in [7, 11) is 1.83. The molecule has 2 heterocycles. The summed E-state index contributed by atoms with van der Waals surface area (Å²) in [5.41, 5.74) is 2.22. The van der Waals surface area contributed by atoms with Crippen molar-refractivity contribution in [1.29, 1.82) is 0 Å². The van der Waals surface area contributed by atoms with Crippen LogP contribution in [-0.2, 0) is 11.8 Å². The molecule has 0 bridgehead atoms. The van der Waals surface area contributed by atoms with Gasteiger partial charge in [-0.3, -0.25) is 9.59 Å². The number of carbonyl (C=O) groups is 2. The van der Waals surface area contributed by atoms with E-state index in [0.717, 1.165) is 29.8 Å². The fraction of sp³-hybridized carbons (Fsp3) is 0.318. The lowest BCUT2D eigenvalue weighted by Crippen LogP contribution is -2.32. The van der Waals surface area contributed by atoms with Gasteiger partial charge >= 0.3 is 0 Å². The molecule has 1 aliphatic rings. The molecule has 3 aromatic rings. The first-order valence-corrected chi connectivity index (χ1v) is 10.9. The Kier molecular flexibility index (Phi) is 7.24. The lowest BCUT2D eigenvalue weighted by molar-refractivity contribution is -0.115. The first-order valence-electron chi connectivity index (χ1n) is 9.99. The highest BCUT2D eigenvalue weighted by Crippen LogP contribution is 2.31. The summed E-state index contributed by atoms with van der Waals surface area (Å²) in [6.45, 7) is 3.88. The third-order valence-electron chi connectivity index (χ3n) is 4.21. The topological polar surface area (TPSA) is 85.3 Å². The molecule has 0 aliphatic heterocycles. The second-order valence-corrected chi connectivity index (χ2v) is 7.54. The Bertz CT molecular complexity index is 1010. The van der Waals surface area contributed by atoms with Crippen LogP contribution in [0.1, 0.15) is 37.0 Å². The molecule has 0 spiro atoms. The summed E-state index contributed by atoms with van der Waals surface area (Å²) in [4.78, 5) is 28.5.